The highest BCUT2D eigenvalue weighted by atomic mass is 32.2. The Morgan fingerprint density at radius 1 is 0.737 bits per heavy atom. The van der Waals surface area contributed by atoms with Crippen LogP contribution in [-0.2, 0) is 0 Å². The van der Waals surface area contributed by atoms with E-state index < -0.39 is 0 Å². The van der Waals surface area contributed by atoms with Crippen molar-refractivity contribution in [1.29, 1.82) is 0 Å². The van der Waals surface area contributed by atoms with Gasteiger partial charge in [-0.2, -0.15) is 0 Å². The van der Waals surface area contributed by atoms with Gasteiger partial charge in [-0.1, -0.05) is 115 Å². The largest absolute Gasteiger partial charge is 0.506 e. The molecule has 0 radical (unpaired) electrons. The number of phenols is 1. The molecule has 0 saturated carbocycles. The number of nitrogens with zero attached hydrogens (tertiary/aromatic N) is 1. The summed E-state index contributed by atoms with van der Waals surface area (Å²) in [5.41, 5.74) is 5.00. The van der Waals surface area contributed by atoms with Crippen LogP contribution in [-0.4, -0.2) is 5.11 Å². The lowest BCUT2D eigenvalue weighted by atomic mass is 10.0. The normalized spacial score (nSPS) is 11.4. The summed E-state index contributed by atoms with van der Waals surface area (Å²) in [6.07, 6.45) is 7.82. The number of allylic oxidation sites excluding steroid dienone is 4. The van der Waals surface area contributed by atoms with E-state index in [1.165, 1.54) is 22.5 Å². The first-order chi connectivity index (χ1) is 18.7. The molecule has 5 aromatic rings. The zero-order valence-corrected chi connectivity index (χ0v) is 22.1. The first-order valence-electron chi connectivity index (χ1n) is 12.6. The lowest BCUT2D eigenvalue weighted by Gasteiger charge is -2.27. The van der Waals surface area contributed by atoms with Gasteiger partial charge in [0, 0.05) is 27.2 Å². The maximum Gasteiger partial charge on any atom is 0.137 e. The molecule has 186 valence electrons. The Kier molecular flexibility index (Phi) is 7.77. The van der Waals surface area contributed by atoms with Crippen LogP contribution in [0.3, 0.4) is 0 Å². The van der Waals surface area contributed by atoms with Crippen molar-refractivity contribution in [2.24, 2.45) is 0 Å². The van der Waals surface area contributed by atoms with Gasteiger partial charge in [0.25, 0.3) is 0 Å². The van der Waals surface area contributed by atoms with Crippen molar-refractivity contribution < 1.29 is 5.11 Å². The fraction of sp³-hybridized carbons (Fsp3) is 0.0286. The monoisotopic (exact) mass is 511 g/mol. The molecule has 0 saturated heterocycles. The van der Waals surface area contributed by atoms with E-state index >= 15 is 0 Å². The number of thioether (sulfide) groups is 1. The summed E-state index contributed by atoms with van der Waals surface area (Å²) in [6.45, 7) is 6.08. The second-order valence-electron chi connectivity index (χ2n) is 8.82. The van der Waals surface area contributed by atoms with Gasteiger partial charge >= 0.3 is 0 Å². The molecule has 0 amide bonds. The molecule has 0 heterocycles. The molecule has 2 nitrogen and oxygen atoms in total. The molecule has 38 heavy (non-hydrogen) atoms. The number of para-hydroxylation sites is 2. The molecular formula is C35H29NOS. The number of hydrogen-bond acceptors (Lipinski definition) is 3. The molecule has 0 atom stereocenters. The van der Waals surface area contributed by atoms with Crippen molar-refractivity contribution in [3.8, 4) is 16.9 Å². The molecule has 0 aromatic heterocycles. The van der Waals surface area contributed by atoms with Crippen molar-refractivity contribution in [1.82, 2.24) is 0 Å². The van der Waals surface area contributed by atoms with Crippen molar-refractivity contribution in [3.05, 3.63) is 151 Å². The van der Waals surface area contributed by atoms with Gasteiger partial charge in [-0.3, -0.25) is 0 Å². The number of phenolic OH excluding ortho intramolecular Hbond substituents is 1. The Morgan fingerprint density at radius 2 is 1.42 bits per heavy atom. The molecule has 1 N–H and O–H groups in total. The third-order valence-electron chi connectivity index (χ3n) is 6.28. The second kappa shape index (κ2) is 11.7. The summed E-state index contributed by atoms with van der Waals surface area (Å²) in [7, 11) is 0. The first-order valence-corrected chi connectivity index (χ1v) is 13.4. The highest BCUT2D eigenvalue weighted by Crippen LogP contribution is 2.42. The van der Waals surface area contributed by atoms with Crippen LogP contribution in [0, 0.1) is 0 Å². The van der Waals surface area contributed by atoms with E-state index in [9.17, 15) is 5.11 Å². The molecule has 3 heteroatoms. The van der Waals surface area contributed by atoms with Crippen LogP contribution in [0.1, 0.15) is 6.92 Å². The van der Waals surface area contributed by atoms with Crippen LogP contribution in [0.5, 0.6) is 5.75 Å². The third kappa shape index (κ3) is 5.44. The van der Waals surface area contributed by atoms with Gasteiger partial charge in [0.05, 0.1) is 10.6 Å². The lowest BCUT2D eigenvalue weighted by molar-refractivity contribution is 0.464. The summed E-state index contributed by atoms with van der Waals surface area (Å²) in [4.78, 5) is 3.92. The molecule has 0 aliphatic rings. The van der Waals surface area contributed by atoms with E-state index in [0.717, 1.165) is 38.0 Å². The maximum atomic E-state index is 11.1. The average molecular weight is 512 g/mol. The summed E-state index contributed by atoms with van der Waals surface area (Å²) in [5, 5.41) is 13.5. The molecule has 0 aliphatic carbocycles. The summed E-state index contributed by atoms with van der Waals surface area (Å²) < 4.78 is 0. The number of benzene rings is 5. The Morgan fingerprint density at radius 3 is 2.21 bits per heavy atom. The molecule has 5 rings (SSSR count). The van der Waals surface area contributed by atoms with Gasteiger partial charge in [-0.05, 0) is 60.3 Å². The van der Waals surface area contributed by atoms with Crippen molar-refractivity contribution in [3.63, 3.8) is 0 Å². The molecule has 0 unspecified atom stereocenters. The fourth-order valence-corrected chi connectivity index (χ4v) is 5.27. The first kappa shape index (κ1) is 25.2. The number of fused-ring (bicyclic) bond motifs is 1. The van der Waals surface area contributed by atoms with E-state index in [4.69, 9.17) is 0 Å². The molecule has 5 aromatic carbocycles. The Hall–Kier alpha value is -4.47. The van der Waals surface area contributed by atoms with E-state index in [0.29, 0.717) is 0 Å². The lowest BCUT2D eigenvalue weighted by Crippen LogP contribution is -2.10. The van der Waals surface area contributed by atoms with Crippen LogP contribution >= 0.6 is 11.8 Å². The number of rotatable bonds is 8. The van der Waals surface area contributed by atoms with E-state index in [2.05, 4.69) is 102 Å². The minimum atomic E-state index is 0.264. The smallest absolute Gasteiger partial charge is 0.137 e. The summed E-state index contributed by atoms with van der Waals surface area (Å²) >= 11 is 1.46. The second-order valence-corrected chi connectivity index (χ2v) is 9.99. The van der Waals surface area contributed by atoms with Crippen LogP contribution < -0.4 is 4.90 Å². The quantitative estimate of drug-likeness (QED) is 0.166. The predicted octanol–water partition coefficient (Wildman–Crippen LogP) is 10.4. The van der Waals surface area contributed by atoms with E-state index in [-0.39, 0.29) is 5.75 Å². The van der Waals surface area contributed by atoms with Crippen LogP contribution in [0.4, 0.5) is 17.1 Å². The minimum Gasteiger partial charge on any atom is -0.506 e. The maximum absolute atomic E-state index is 11.1. The van der Waals surface area contributed by atoms with Crippen LogP contribution in [0.2, 0.25) is 0 Å². The zero-order chi connectivity index (χ0) is 26.3. The average Bonchev–Trinajstić information content (AvgIpc) is 2.96. The van der Waals surface area contributed by atoms with Gasteiger partial charge in [0.1, 0.15) is 5.75 Å². The topological polar surface area (TPSA) is 23.5 Å². The van der Waals surface area contributed by atoms with Crippen LogP contribution in [0.25, 0.3) is 21.9 Å². The Bertz CT molecular complexity index is 1610. The van der Waals surface area contributed by atoms with Crippen molar-refractivity contribution >= 4 is 39.6 Å². The van der Waals surface area contributed by atoms with Gasteiger partial charge < -0.3 is 10.0 Å². The Labute approximate surface area is 228 Å². The van der Waals surface area contributed by atoms with E-state index in [1.807, 2.05) is 55.5 Å². The molecule has 0 aliphatic heterocycles. The fourth-order valence-electron chi connectivity index (χ4n) is 4.48. The highest BCUT2D eigenvalue weighted by Gasteiger charge is 2.16. The highest BCUT2D eigenvalue weighted by molar-refractivity contribution is 8.03. The van der Waals surface area contributed by atoms with E-state index in [1.54, 1.807) is 0 Å². The van der Waals surface area contributed by atoms with Gasteiger partial charge in [0.15, 0.2) is 0 Å². The van der Waals surface area contributed by atoms with Crippen molar-refractivity contribution in [2.45, 2.75) is 11.8 Å². The molecule has 0 spiro atoms. The van der Waals surface area contributed by atoms with Crippen molar-refractivity contribution in [2.75, 3.05) is 4.90 Å². The number of anilines is 3. The molecular weight excluding hydrogens is 482 g/mol. The summed E-state index contributed by atoms with van der Waals surface area (Å²) in [5.74, 6) is 0.264. The van der Waals surface area contributed by atoms with Gasteiger partial charge in [-0.15, -0.1) is 0 Å². The third-order valence-corrected chi connectivity index (χ3v) is 7.23. The Balaban J connectivity index is 1.51. The van der Waals surface area contributed by atoms with Gasteiger partial charge in [0.2, 0.25) is 0 Å². The number of hydrogen-bond donors (Lipinski definition) is 1. The molecule has 0 bridgehead atoms. The number of aromatic hydroxyl groups is 1. The molecule has 0 fully saturated rings. The predicted molar refractivity (Wildman–Crippen MR) is 165 cm³/mol. The van der Waals surface area contributed by atoms with Crippen LogP contribution in [0.15, 0.2) is 156 Å². The van der Waals surface area contributed by atoms with Gasteiger partial charge in [-0.25, -0.2) is 0 Å². The SMILES string of the molecule is C=C(/C=C\C=C/C)Sc1cccc(-c2ccc(N(c3ccccc3)c3cccc4ccccc34)cc2)c1O. The zero-order valence-electron chi connectivity index (χ0n) is 21.3. The standard InChI is InChI=1S/C35H29NOS/c1-3-4-6-13-26(2)38-34-21-12-19-32(35(34)37)28-22-24-30(25-23-28)36(29-16-7-5-8-17-29)33-20-11-15-27-14-9-10-18-31(27)33/h3-25,37H,2H2,1H3/b4-3-,13-6-. The summed E-state index contributed by atoms with van der Waals surface area (Å²) in [6, 6.07) is 39.5. The minimum absolute atomic E-state index is 0.264.